The molecular formula is C26H37NO2. The van der Waals surface area contributed by atoms with Gasteiger partial charge < -0.3 is 10.1 Å². The Morgan fingerprint density at radius 2 is 1.62 bits per heavy atom. The predicted molar refractivity (Wildman–Crippen MR) is 123 cm³/mol. The lowest BCUT2D eigenvalue weighted by Crippen LogP contribution is -2.51. The fraction of sp³-hybridized carbons (Fsp3) is 0.500. The van der Waals surface area contributed by atoms with E-state index in [9.17, 15) is 4.79 Å². The third kappa shape index (κ3) is 6.43. The second kappa shape index (κ2) is 9.13. The van der Waals surface area contributed by atoms with Gasteiger partial charge in [-0.15, -0.1) is 0 Å². The number of carbonyl (C=O) groups excluding carboxylic acids is 1. The minimum atomic E-state index is -0.373. The molecule has 2 aromatic rings. The normalized spacial score (nSPS) is 13.2. The Labute approximate surface area is 176 Å². The lowest BCUT2D eigenvalue weighted by atomic mass is 9.83. The van der Waals surface area contributed by atoms with E-state index in [1.54, 1.807) is 7.11 Å². The van der Waals surface area contributed by atoms with E-state index < -0.39 is 0 Å². The Balaban J connectivity index is 2.27. The molecule has 2 aromatic carbocycles. The Bertz CT molecular complexity index is 823. The minimum Gasteiger partial charge on any atom is -0.497 e. The number of ether oxygens (including phenoxy) is 1. The average molecular weight is 396 g/mol. The molecule has 0 bridgehead atoms. The molecule has 0 saturated carbocycles. The molecule has 0 fully saturated rings. The summed E-state index contributed by atoms with van der Waals surface area (Å²) in [4.78, 5) is 13.0. The number of methoxy groups -OCH3 is 1. The molecule has 1 N–H and O–H groups in total. The van der Waals surface area contributed by atoms with Crippen LogP contribution in [-0.4, -0.2) is 24.5 Å². The van der Waals surface area contributed by atoms with Gasteiger partial charge in [-0.2, -0.15) is 0 Å². The molecule has 3 heteroatoms. The van der Waals surface area contributed by atoms with Gasteiger partial charge in [-0.1, -0.05) is 58.0 Å². The number of benzene rings is 2. The summed E-state index contributed by atoms with van der Waals surface area (Å²) in [6.45, 7) is 14.5. The van der Waals surface area contributed by atoms with Crippen LogP contribution in [0.1, 0.15) is 59.6 Å². The van der Waals surface area contributed by atoms with Gasteiger partial charge in [0.1, 0.15) is 5.75 Å². The monoisotopic (exact) mass is 395 g/mol. The lowest BCUT2D eigenvalue weighted by Gasteiger charge is -2.32. The molecule has 3 nitrogen and oxygen atoms in total. The van der Waals surface area contributed by atoms with Gasteiger partial charge in [0.2, 0.25) is 0 Å². The highest BCUT2D eigenvalue weighted by Gasteiger charge is 2.32. The maximum Gasteiger partial charge on any atom is 0.155 e. The number of aryl methyl sites for hydroxylation is 1. The number of ketones is 1. The molecule has 0 amide bonds. The first kappa shape index (κ1) is 23.2. The quantitative estimate of drug-likeness (QED) is 0.640. The van der Waals surface area contributed by atoms with Crippen molar-refractivity contribution in [2.24, 2.45) is 5.41 Å². The highest BCUT2D eigenvalue weighted by Crippen LogP contribution is 2.29. The van der Waals surface area contributed by atoms with Crippen LogP contribution in [0.3, 0.4) is 0 Å². The molecule has 0 radical (unpaired) electrons. The summed E-state index contributed by atoms with van der Waals surface area (Å²) in [5, 5.41) is 3.52. The maximum atomic E-state index is 13.0. The zero-order valence-corrected chi connectivity index (χ0v) is 19.3. The summed E-state index contributed by atoms with van der Waals surface area (Å²) >= 11 is 0. The smallest absolute Gasteiger partial charge is 0.155 e. The van der Waals surface area contributed by atoms with Crippen LogP contribution in [-0.2, 0) is 17.6 Å². The highest BCUT2D eigenvalue weighted by molar-refractivity contribution is 5.89. The molecule has 2 rings (SSSR count). The Hall–Kier alpha value is -2.13. The first-order valence-electron chi connectivity index (χ1n) is 10.5. The number of rotatable bonds is 7. The van der Waals surface area contributed by atoms with Gasteiger partial charge in [0.15, 0.2) is 5.78 Å². The largest absolute Gasteiger partial charge is 0.497 e. The third-order valence-corrected chi connectivity index (χ3v) is 5.06. The molecule has 0 saturated heterocycles. The average Bonchev–Trinajstić information content (AvgIpc) is 2.65. The molecule has 0 aromatic heterocycles. The lowest BCUT2D eigenvalue weighted by molar-refractivity contribution is -0.128. The molecule has 29 heavy (non-hydrogen) atoms. The Kier molecular flexibility index (Phi) is 7.29. The standard InChI is InChI=1S/C26H37NO2/c1-9-19-17-21(29-8)14-15-22(19)20-12-10-18(11-13-20)16-23(27-26(5,6)7)24(28)25(2,3)4/h10-15,17,23,27H,9,16H2,1-8H3. The van der Waals surface area contributed by atoms with E-state index >= 15 is 0 Å². The maximum absolute atomic E-state index is 13.0. The van der Waals surface area contributed by atoms with Crippen LogP contribution in [0.5, 0.6) is 5.75 Å². The SMILES string of the molecule is CCc1cc(OC)ccc1-c1ccc(CC(NC(C)(C)C)C(=O)C(C)(C)C)cc1. The van der Waals surface area contributed by atoms with Crippen LogP contribution >= 0.6 is 0 Å². The highest BCUT2D eigenvalue weighted by atomic mass is 16.5. The summed E-state index contributed by atoms with van der Waals surface area (Å²) in [5.41, 5.74) is 4.37. The van der Waals surface area contributed by atoms with Gasteiger partial charge in [-0.25, -0.2) is 0 Å². The molecule has 0 spiro atoms. The predicted octanol–water partition coefficient (Wildman–Crippen LogP) is 5.84. The van der Waals surface area contributed by atoms with Gasteiger partial charge in [0, 0.05) is 11.0 Å². The topological polar surface area (TPSA) is 38.3 Å². The van der Waals surface area contributed by atoms with Crippen LogP contribution < -0.4 is 10.1 Å². The zero-order chi connectivity index (χ0) is 21.8. The number of Topliss-reactive ketones (excluding diaryl/α,β-unsaturated/α-hetero) is 1. The van der Waals surface area contributed by atoms with E-state index in [0.29, 0.717) is 6.42 Å². The van der Waals surface area contributed by atoms with Crippen molar-refractivity contribution < 1.29 is 9.53 Å². The van der Waals surface area contributed by atoms with E-state index in [4.69, 9.17) is 4.74 Å². The first-order valence-corrected chi connectivity index (χ1v) is 10.5. The van der Waals surface area contributed by atoms with Crippen molar-refractivity contribution in [1.29, 1.82) is 0 Å². The van der Waals surface area contributed by atoms with Gasteiger partial charge in [0.25, 0.3) is 0 Å². The fourth-order valence-corrected chi connectivity index (χ4v) is 3.58. The molecule has 1 unspecified atom stereocenters. The summed E-state index contributed by atoms with van der Waals surface area (Å²) < 4.78 is 5.36. The number of carbonyl (C=O) groups is 1. The summed E-state index contributed by atoms with van der Waals surface area (Å²) in [6, 6.07) is 14.6. The Morgan fingerprint density at radius 3 is 2.10 bits per heavy atom. The molecule has 0 aliphatic heterocycles. The van der Waals surface area contributed by atoms with E-state index in [0.717, 1.165) is 12.2 Å². The first-order chi connectivity index (χ1) is 13.4. The van der Waals surface area contributed by atoms with Gasteiger partial charge in [0.05, 0.1) is 13.2 Å². The number of hydrogen-bond donors (Lipinski definition) is 1. The molecule has 0 aliphatic carbocycles. The van der Waals surface area contributed by atoms with Gasteiger partial charge in [-0.3, -0.25) is 4.79 Å². The molecule has 0 heterocycles. The number of hydrogen-bond acceptors (Lipinski definition) is 3. The van der Waals surface area contributed by atoms with Crippen LogP contribution in [0.25, 0.3) is 11.1 Å². The summed E-state index contributed by atoms with van der Waals surface area (Å²) in [5.74, 6) is 1.14. The van der Waals surface area contributed by atoms with Gasteiger partial charge in [-0.05, 0) is 68.0 Å². The van der Waals surface area contributed by atoms with Crippen molar-refractivity contribution >= 4 is 5.78 Å². The molecule has 1 atom stereocenters. The van der Waals surface area contributed by atoms with Crippen molar-refractivity contribution in [3.05, 3.63) is 53.6 Å². The molecular weight excluding hydrogens is 358 g/mol. The van der Waals surface area contributed by atoms with E-state index in [-0.39, 0.29) is 22.8 Å². The van der Waals surface area contributed by atoms with Crippen LogP contribution in [0.2, 0.25) is 0 Å². The zero-order valence-electron chi connectivity index (χ0n) is 19.3. The van der Waals surface area contributed by atoms with Crippen molar-refractivity contribution in [2.45, 2.75) is 72.9 Å². The van der Waals surface area contributed by atoms with Crippen molar-refractivity contribution in [3.8, 4) is 16.9 Å². The third-order valence-electron chi connectivity index (χ3n) is 5.06. The molecule has 0 aliphatic rings. The van der Waals surface area contributed by atoms with E-state index in [1.165, 1.54) is 22.3 Å². The van der Waals surface area contributed by atoms with Gasteiger partial charge >= 0.3 is 0 Å². The van der Waals surface area contributed by atoms with Crippen molar-refractivity contribution in [2.75, 3.05) is 7.11 Å². The van der Waals surface area contributed by atoms with Crippen LogP contribution in [0.15, 0.2) is 42.5 Å². The Morgan fingerprint density at radius 1 is 1.00 bits per heavy atom. The fourth-order valence-electron chi connectivity index (χ4n) is 3.58. The van der Waals surface area contributed by atoms with Crippen LogP contribution in [0, 0.1) is 5.41 Å². The second-order valence-corrected chi connectivity index (χ2v) is 9.84. The summed E-state index contributed by atoms with van der Waals surface area (Å²) in [6.07, 6.45) is 1.64. The van der Waals surface area contributed by atoms with Crippen molar-refractivity contribution in [1.82, 2.24) is 5.32 Å². The minimum absolute atomic E-state index is 0.120. The number of nitrogens with one attached hydrogen (secondary N) is 1. The van der Waals surface area contributed by atoms with E-state index in [2.05, 4.69) is 69.4 Å². The van der Waals surface area contributed by atoms with E-state index in [1.807, 2.05) is 26.8 Å². The van der Waals surface area contributed by atoms with Crippen molar-refractivity contribution in [3.63, 3.8) is 0 Å². The second-order valence-electron chi connectivity index (χ2n) is 9.84. The molecule has 158 valence electrons. The van der Waals surface area contributed by atoms with Crippen LogP contribution in [0.4, 0.5) is 0 Å². The summed E-state index contributed by atoms with van der Waals surface area (Å²) in [7, 11) is 1.70.